The summed E-state index contributed by atoms with van der Waals surface area (Å²) in [5.74, 6) is -0.572. The number of hydrogen-bond donors (Lipinski definition) is 2. The predicted molar refractivity (Wildman–Crippen MR) is 76.4 cm³/mol. The van der Waals surface area contributed by atoms with Gasteiger partial charge in [0.05, 0.1) is 12.2 Å². The highest BCUT2D eigenvalue weighted by Gasteiger charge is 2.32. The molecule has 20 heavy (non-hydrogen) atoms. The molecule has 1 aliphatic rings. The summed E-state index contributed by atoms with van der Waals surface area (Å²) in [4.78, 5) is 11.1. The first-order valence-electron chi connectivity index (χ1n) is 7.14. The maximum atomic E-state index is 11.1. The van der Waals surface area contributed by atoms with Crippen LogP contribution in [-0.4, -0.2) is 17.6 Å². The first kappa shape index (κ1) is 13.2. The number of carboxylic acid groups (broad SMARTS) is 1. The summed E-state index contributed by atoms with van der Waals surface area (Å²) in [7, 11) is 0. The number of aliphatic carboxylic acids is 1. The van der Waals surface area contributed by atoms with Crippen molar-refractivity contribution in [3.8, 4) is 0 Å². The summed E-state index contributed by atoms with van der Waals surface area (Å²) < 4.78 is 5.50. The number of nitrogens with one attached hydrogen (secondary N) is 1. The van der Waals surface area contributed by atoms with Crippen LogP contribution >= 0.6 is 0 Å². The Morgan fingerprint density at radius 2 is 2.20 bits per heavy atom. The third-order valence-corrected chi connectivity index (χ3v) is 4.26. The molecule has 2 unspecified atom stereocenters. The second-order valence-corrected chi connectivity index (χ2v) is 5.52. The van der Waals surface area contributed by atoms with Crippen LogP contribution in [0.3, 0.4) is 0 Å². The average Bonchev–Trinajstić information content (AvgIpc) is 3.06. The van der Waals surface area contributed by atoms with Gasteiger partial charge in [-0.15, -0.1) is 0 Å². The summed E-state index contributed by atoms with van der Waals surface area (Å²) in [6.07, 6.45) is 4.63. The smallest absolute Gasteiger partial charge is 0.306 e. The summed E-state index contributed by atoms with van der Waals surface area (Å²) in [6.45, 7) is 1.48. The van der Waals surface area contributed by atoms with Gasteiger partial charge in [0.1, 0.15) is 5.58 Å². The number of carbonyl (C=O) groups is 1. The number of carboxylic acids is 1. The fourth-order valence-corrected chi connectivity index (χ4v) is 3.17. The molecule has 0 bridgehead atoms. The Kier molecular flexibility index (Phi) is 3.74. The van der Waals surface area contributed by atoms with E-state index in [2.05, 4.69) is 5.32 Å². The number of hydrogen-bond acceptors (Lipinski definition) is 3. The molecule has 2 atom stereocenters. The van der Waals surface area contributed by atoms with Gasteiger partial charge >= 0.3 is 5.97 Å². The molecule has 4 heteroatoms. The van der Waals surface area contributed by atoms with E-state index >= 15 is 0 Å². The van der Waals surface area contributed by atoms with Crippen molar-refractivity contribution in [1.29, 1.82) is 0 Å². The van der Waals surface area contributed by atoms with Crippen LogP contribution in [0.5, 0.6) is 0 Å². The molecule has 4 nitrogen and oxygen atoms in total. The van der Waals surface area contributed by atoms with E-state index in [-0.39, 0.29) is 11.8 Å². The van der Waals surface area contributed by atoms with Crippen molar-refractivity contribution in [3.05, 3.63) is 36.1 Å². The molecule has 0 saturated heterocycles. The van der Waals surface area contributed by atoms with Crippen molar-refractivity contribution in [2.45, 2.75) is 25.8 Å². The van der Waals surface area contributed by atoms with E-state index in [1.54, 1.807) is 6.26 Å². The maximum Gasteiger partial charge on any atom is 0.306 e. The van der Waals surface area contributed by atoms with Gasteiger partial charge in [0.25, 0.3) is 0 Å². The lowest BCUT2D eigenvalue weighted by atomic mass is 9.96. The van der Waals surface area contributed by atoms with E-state index in [1.807, 2.05) is 24.3 Å². The molecule has 1 aromatic heterocycles. The Bertz CT molecular complexity index is 605. The Hall–Kier alpha value is -1.81. The first-order chi connectivity index (χ1) is 9.75. The summed E-state index contributed by atoms with van der Waals surface area (Å²) in [5, 5.41) is 13.7. The van der Waals surface area contributed by atoms with Crippen LogP contribution in [0.1, 0.15) is 24.8 Å². The van der Waals surface area contributed by atoms with E-state index in [0.29, 0.717) is 0 Å². The van der Waals surface area contributed by atoms with Gasteiger partial charge in [-0.05, 0) is 31.4 Å². The van der Waals surface area contributed by atoms with Crippen molar-refractivity contribution in [2.75, 3.05) is 6.54 Å². The summed E-state index contributed by atoms with van der Waals surface area (Å²) in [6, 6.07) is 7.96. The minimum atomic E-state index is -0.650. The lowest BCUT2D eigenvalue weighted by molar-refractivity contribution is -0.142. The molecule has 1 heterocycles. The van der Waals surface area contributed by atoms with Crippen LogP contribution < -0.4 is 5.32 Å². The fourth-order valence-electron chi connectivity index (χ4n) is 3.17. The van der Waals surface area contributed by atoms with Crippen molar-refractivity contribution >= 4 is 16.9 Å². The first-order valence-corrected chi connectivity index (χ1v) is 7.14. The van der Waals surface area contributed by atoms with Crippen LogP contribution in [0.2, 0.25) is 0 Å². The number of furan rings is 1. The molecule has 3 rings (SSSR count). The molecule has 106 valence electrons. The highest BCUT2D eigenvalue weighted by molar-refractivity contribution is 5.80. The third-order valence-electron chi connectivity index (χ3n) is 4.26. The molecule has 0 amide bonds. The molecule has 2 N–H and O–H groups in total. The Morgan fingerprint density at radius 1 is 1.35 bits per heavy atom. The molecule has 0 aliphatic heterocycles. The lowest BCUT2D eigenvalue weighted by Crippen LogP contribution is -2.28. The Balaban J connectivity index is 1.59. The van der Waals surface area contributed by atoms with Gasteiger partial charge < -0.3 is 14.8 Å². The Labute approximate surface area is 117 Å². The second kappa shape index (κ2) is 5.67. The standard InChI is InChI=1S/C16H19NO3/c18-16(19)14-6-3-4-11(14)8-17-9-12-10-20-15-7-2-1-5-13(12)15/h1-2,5,7,10-11,14,17H,3-4,6,8-9H2,(H,18,19). The molecular weight excluding hydrogens is 254 g/mol. The van der Waals surface area contributed by atoms with Gasteiger partial charge in [-0.2, -0.15) is 0 Å². The third kappa shape index (κ3) is 2.56. The van der Waals surface area contributed by atoms with Crippen LogP contribution in [0.15, 0.2) is 34.9 Å². The van der Waals surface area contributed by atoms with Gasteiger partial charge in [0, 0.05) is 17.5 Å². The van der Waals surface area contributed by atoms with Crippen LogP contribution in [0, 0.1) is 11.8 Å². The van der Waals surface area contributed by atoms with Gasteiger partial charge in [-0.1, -0.05) is 24.6 Å². The highest BCUT2D eigenvalue weighted by Crippen LogP contribution is 2.31. The van der Waals surface area contributed by atoms with E-state index in [4.69, 9.17) is 9.52 Å². The topological polar surface area (TPSA) is 62.5 Å². The van der Waals surface area contributed by atoms with Crippen molar-refractivity contribution in [3.63, 3.8) is 0 Å². The van der Waals surface area contributed by atoms with Gasteiger partial charge in [0.15, 0.2) is 0 Å². The maximum absolute atomic E-state index is 11.1. The highest BCUT2D eigenvalue weighted by atomic mass is 16.4. The van der Waals surface area contributed by atoms with Gasteiger partial charge in [-0.3, -0.25) is 4.79 Å². The Morgan fingerprint density at radius 3 is 3.05 bits per heavy atom. The van der Waals surface area contributed by atoms with Crippen LogP contribution in [0.4, 0.5) is 0 Å². The summed E-state index contributed by atoms with van der Waals surface area (Å²) >= 11 is 0. The van der Waals surface area contributed by atoms with Crippen molar-refractivity contribution in [1.82, 2.24) is 5.32 Å². The largest absolute Gasteiger partial charge is 0.481 e. The molecule has 0 radical (unpaired) electrons. The SMILES string of the molecule is O=C(O)C1CCCC1CNCc1coc2ccccc12. The van der Waals surface area contributed by atoms with Crippen molar-refractivity contribution in [2.24, 2.45) is 11.8 Å². The minimum Gasteiger partial charge on any atom is -0.481 e. The monoisotopic (exact) mass is 273 g/mol. The van der Waals surface area contributed by atoms with Gasteiger partial charge in [-0.25, -0.2) is 0 Å². The molecule has 1 fully saturated rings. The van der Waals surface area contributed by atoms with E-state index in [0.717, 1.165) is 48.9 Å². The van der Waals surface area contributed by atoms with Gasteiger partial charge in [0.2, 0.25) is 0 Å². The number of rotatable bonds is 5. The van der Waals surface area contributed by atoms with Crippen LogP contribution in [-0.2, 0) is 11.3 Å². The molecule has 1 saturated carbocycles. The van der Waals surface area contributed by atoms with Crippen LogP contribution in [0.25, 0.3) is 11.0 Å². The predicted octanol–water partition coefficient (Wildman–Crippen LogP) is 3.02. The lowest BCUT2D eigenvalue weighted by Gasteiger charge is -2.16. The fraction of sp³-hybridized carbons (Fsp3) is 0.438. The number of benzene rings is 1. The number of fused-ring (bicyclic) bond motifs is 1. The molecular formula is C16H19NO3. The zero-order chi connectivity index (χ0) is 13.9. The second-order valence-electron chi connectivity index (χ2n) is 5.52. The van der Waals surface area contributed by atoms with Crippen molar-refractivity contribution < 1.29 is 14.3 Å². The van der Waals surface area contributed by atoms with E-state index < -0.39 is 5.97 Å². The summed E-state index contributed by atoms with van der Waals surface area (Å²) in [5.41, 5.74) is 2.03. The molecule has 1 aliphatic carbocycles. The zero-order valence-electron chi connectivity index (χ0n) is 11.3. The quantitative estimate of drug-likeness (QED) is 0.879. The zero-order valence-corrected chi connectivity index (χ0v) is 11.3. The molecule has 2 aromatic rings. The molecule has 0 spiro atoms. The van der Waals surface area contributed by atoms with E-state index in [1.165, 1.54) is 0 Å². The normalized spacial score (nSPS) is 22.4. The minimum absolute atomic E-state index is 0.177. The van der Waals surface area contributed by atoms with E-state index in [9.17, 15) is 4.79 Å². The average molecular weight is 273 g/mol. The number of para-hydroxylation sites is 1. The molecule has 1 aromatic carbocycles.